The van der Waals surface area contributed by atoms with Crippen LogP contribution in [0.4, 0.5) is 0 Å². The first kappa shape index (κ1) is 35.2. The molecule has 1 aliphatic rings. The van der Waals surface area contributed by atoms with Crippen molar-refractivity contribution in [3.63, 3.8) is 0 Å². The predicted octanol–water partition coefficient (Wildman–Crippen LogP) is 2.63. The van der Waals surface area contributed by atoms with E-state index in [1.165, 1.54) is 0 Å². The van der Waals surface area contributed by atoms with Gasteiger partial charge in [0, 0.05) is 49.4 Å². The van der Waals surface area contributed by atoms with E-state index in [-0.39, 0.29) is 33.9 Å². The van der Waals surface area contributed by atoms with E-state index in [1.54, 1.807) is 18.2 Å². The average molecular weight is 647 g/mol. The fraction of sp³-hybridized carbons (Fsp3) is 0.400. The molecule has 0 aliphatic carbocycles. The summed E-state index contributed by atoms with van der Waals surface area (Å²) in [6, 6.07) is 10.3. The van der Waals surface area contributed by atoms with Crippen molar-refractivity contribution < 1.29 is 29.7 Å². The standard InChI is InChI=1S/C35H46N6O6/c1-21-12-24(30(42)27(15-21)33(36)45)18-39-6-4-8-40(19-25-13-22(2)16-28(31(25)43)34(37)46)10-11-41(9-5-7-39)20-26-14-23(3)17-29(32(26)44)35(38)47/h12-17,42-44H,4-11,18-20H2,1-3H3,(H2,36,45)(H2,37,46)(H2,38,47). The van der Waals surface area contributed by atoms with Crippen molar-refractivity contribution in [2.45, 2.75) is 53.2 Å². The maximum absolute atomic E-state index is 12.0. The number of phenols is 3. The third-order valence-corrected chi connectivity index (χ3v) is 8.61. The molecule has 0 spiro atoms. The molecular weight excluding hydrogens is 600 g/mol. The third kappa shape index (κ3) is 9.00. The Bertz CT molecular complexity index is 1570. The minimum atomic E-state index is -0.695. The van der Waals surface area contributed by atoms with Crippen LogP contribution in [0.5, 0.6) is 17.2 Å². The van der Waals surface area contributed by atoms with Gasteiger partial charge in [0.05, 0.1) is 16.7 Å². The lowest BCUT2D eigenvalue weighted by atomic mass is 10.0. The highest BCUT2D eigenvalue weighted by Crippen LogP contribution is 2.29. The normalized spacial score (nSPS) is 15.6. The van der Waals surface area contributed by atoms with Crippen LogP contribution in [0, 0.1) is 20.8 Å². The lowest BCUT2D eigenvalue weighted by Gasteiger charge is -2.28. The van der Waals surface area contributed by atoms with Gasteiger partial charge in [0.1, 0.15) is 17.2 Å². The minimum absolute atomic E-state index is 0.0825. The van der Waals surface area contributed by atoms with Gasteiger partial charge in [-0.2, -0.15) is 0 Å². The molecule has 0 aromatic heterocycles. The quantitative estimate of drug-likeness (QED) is 0.202. The Morgan fingerprint density at radius 3 is 1.02 bits per heavy atom. The molecule has 1 heterocycles. The number of benzene rings is 3. The van der Waals surface area contributed by atoms with Gasteiger partial charge in [-0.05, 0) is 94.7 Å². The molecule has 1 saturated heterocycles. The zero-order valence-electron chi connectivity index (χ0n) is 27.4. The first-order chi connectivity index (χ1) is 22.2. The third-order valence-electron chi connectivity index (χ3n) is 8.61. The number of aromatic hydroxyl groups is 3. The SMILES string of the molecule is Cc1cc(CN2CCCN(Cc3cc(C)cc(C(N)=O)c3O)CCN(Cc3cc(C)cc(C(N)=O)c3O)CCC2)c(O)c(C(N)=O)c1. The number of amides is 3. The molecule has 0 saturated carbocycles. The maximum atomic E-state index is 12.0. The minimum Gasteiger partial charge on any atom is -0.507 e. The van der Waals surface area contributed by atoms with E-state index in [4.69, 9.17) is 17.2 Å². The highest BCUT2D eigenvalue weighted by Gasteiger charge is 2.22. The number of rotatable bonds is 9. The lowest BCUT2D eigenvalue weighted by molar-refractivity contribution is 0.0988. The largest absolute Gasteiger partial charge is 0.507 e. The topological polar surface area (TPSA) is 200 Å². The maximum Gasteiger partial charge on any atom is 0.252 e. The van der Waals surface area contributed by atoms with Crippen LogP contribution in [0.1, 0.15) is 77.3 Å². The Morgan fingerprint density at radius 1 is 0.511 bits per heavy atom. The van der Waals surface area contributed by atoms with Gasteiger partial charge in [-0.3, -0.25) is 29.1 Å². The molecular formula is C35H46N6O6. The molecule has 9 N–H and O–H groups in total. The zero-order valence-corrected chi connectivity index (χ0v) is 27.4. The number of hydrogen-bond acceptors (Lipinski definition) is 9. The van der Waals surface area contributed by atoms with E-state index in [1.807, 2.05) is 39.0 Å². The van der Waals surface area contributed by atoms with Gasteiger partial charge in [-0.15, -0.1) is 0 Å². The predicted molar refractivity (Wildman–Crippen MR) is 179 cm³/mol. The number of hydrogen-bond donors (Lipinski definition) is 6. The van der Waals surface area contributed by atoms with Crippen LogP contribution in [-0.2, 0) is 19.6 Å². The molecule has 3 aromatic rings. The van der Waals surface area contributed by atoms with Crippen molar-refractivity contribution in [3.8, 4) is 17.2 Å². The molecule has 4 rings (SSSR count). The van der Waals surface area contributed by atoms with Crippen molar-refractivity contribution in [1.29, 1.82) is 0 Å². The molecule has 47 heavy (non-hydrogen) atoms. The van der Waals surface area contributed by atoms with Crippen LogP contribution >= 0.6 is 0 Å². The smallest absolute Gasteiger partial charge is 0.252 e. The summed E-state index contributed by atoms with van der Waals surface area (Å²) in [7, 11) is 0. The van der Waals surface area contributed by atoms with Crippen molar-refractivity contribution >= 4 is 17.7 Å². The van der Waals surface area contributed by atoms with E-state index in [9.17, 15) is 29.7 Å². The Labute approximate surface area is 275 Å². The fourth-order valence-electron chi connectivity index (χ4n) is 6.34. The summed E-state index contributed by atoms with van der Waals surface area (Å²) in [5.74, 6) is -2.44. The number of nitrogens with two attached hydrogens (primary N) is 3. The lowest BCUT2D eigenvalue weighted by Crippen LogP contribution is -2.36. The summed E-state index contributed by atoms with van der Waals surface area (Å²) >= 11 is 0. The highest BCUT2D eigenvalue weighted by atomic mass is 16.3. The number of nitrogens with zero attached hydrogens (tertiary/aromatic N) is 3. The van der Waals surface area contributed by atoms with Crippen molar-refractivity contribution in [2.75, 3.05) is 39.3 Å². The van der Waals surface area contributed by atoms with Crippen LogP contribution in [0.2, 0.25) is 0 Å². The molecule has 1 aliphatic heterocycles. The van der Waals surface area contributed by atoms with Gasteiger partial charge in [-0.1, -0.05) is 18.2 Å². The zero-order chi connectivity index (χ0) is 34.4. The Morgan fingerprint density at radius 2 is 0.766 bits per heavy atom. The summed E-state index contributed by atoms with van der Waals surface area (Å²) in [4.78, 5) is 42.6. The van der Waals surface area contributed by atoms with Gasteiger partial charge >= 0.3 is 0 Å². The molecule has 0 bridgehead atoms. The van der Waals surface area contributed by atoms with E-state index in [0.717, 1.165) is 29.5 Å². The average Bonchev–Trinajstić information content (AvgIpc) is 3.03. The first-order valence-electron chi connectivity index (χ1n) is 15.8. The summed E-state index contributed by atoms with van der Waals surface area (Å²) in [5.41, 5.74) is 21.1. The Kier molecular flexibility index (Phi) is 11.5. The van der Waals surface area contributed by atoms with Crippen LogP contribution in [0.3, 0.4) is 0 Å². The van der Waals surface area contributed by atoms with Crippen LogP contribution in [-0.4, -0.2) is 87.0 Å². The Hall–Kier alpha value is -4.65. The van der Waals surface area contributed by atoms with Gasteiger partial charge in [0.25, 0.3) is 17.7 Å². The summed E-state index contributed by atoms with van der Waals surface area (Å²) < 4.78 is 0. The van der Waals surface area contributed by atoms with E-state index in [0.29, 0.717) is 75.6 Å². The second-order valence-electron chi connectivity index (χ2n) is 12.6. The van der Waals surface area contributed by atoms with Crippen LogP contribution in [0.15, 0.2) is 36.4 Å². The van der Waals surface area contributed by atoms with Crippen molar-refractivity contribution in [1.82, 2.24) is 14.7 Å². The number of carbonyl (C=O) groups excluding carboxylic acids is 3. The molecule has 1 fully saturated rings. The highest BCUT2D eigenvalue weighted by molar-refractivity contribution is 5.97. The molecule has 252 valence electrons. The first-order valence-corrected chi connectivity index (χ1v) is 15.8. The van der Waals surface area contributed by atoms with Gasteiger partial charge < -0.3 is 32.5 Å². The van der Waals surface area contributed by atoms with Gasteiger partial charge in [-0.25, -0.2) is 0 Å². The molecule has 0 unspecified atom stereocenters. The molecule has 12 heteroatoms. The van der Waals surface area contributed by atoms with Crippen molar-refractivity contribution in [2.24, 2.45) is 17.2 Å². The van der Waals surface area contributed by atoms with Crippen LogP contribution in [0.25, 0.3) is 0 Å². The number of aryl methyl sites for hydroxylation is 3. The molecule has 0 atom stereocenters. The molecule has 12 nitrogen and oxygen atoms in total. The van der Waals surface area contributed by atoms with E-state index < -0.39 is 17.7 Å². The summed E-state index contributed by atoms with van der Waals surface area (Å²) in [6.45, 7) is 10.7. The second kappa shape index (κ2) is 15.3. The van der Waals surface area contributed by atoms with Crippen LogP contribution < -0.4 is 17.2 Å². The van der Waals surface area contributed by atoms with Crippen molar-refractivity contribution in [3.05, 3.63) is 86.5 Å². The summed E-state index contributed by atoms with van der Waals surface area (Å²) in [6.07, 6.45) is 1.54. The monoisotopic (exact) mass is 646 g/mol. The molecule has 0 radical (unpaired) electrons. The fourth-order valence-corrected chi connectivity index (χ4v) is 6.34. The number of primary amides is 3. The number of carbonyl (C=O) groups is 3. The molecule has 3 aromatic carbocycles. The molecule has 3 amide bonds. The van der Waals surface area contributed by atoms with Gasteiger partial charge in [0.2, 0.25) is 0 Å². The van der Waals surface area contributed by atoms with Gasteiger partial charge in [0.15, 0.2) is 0 Å². The van der Waals surface area contributed by atoms with E-state index in [2.05, 4.69) is 14.7 Å². The Balaban J connectivity index is 1.63. The second-order valence-corrected chi connectivity index (χ2v) is 12.6. The summed E-state index contributed by atoms with van der Waals surface area (Å²) in [5, 5.41) is 32.7. The van der Waals surface area contributed by atoms with E-state index >= 15 is 0 Å².